The van der Waals surface area contributed by atoms with Gasteiger partial charge in [-0.2, -0.15) is 5.10 Å². The average molecular weight is 519 g/mol. The summed E-state index contributed by atoms with van der Waals surface area (Å²) in [6.07, 6.45) is 7.58. The van der Waals surface area contributed by atoms with E-state index in [-0.39, 0.29) is 11.5 Å². The topological polar surface area (TPSA) is 67.2 Å². The zero-order valence-electron chi connectivity index (χ0n) is 20.5. The maximum atomic E-state index is 14.2. The Morgan fingerprint density at radius 1 is 0.919 bits per heavy atom. The van der Waals surface area contributed by atoms with Crippen molar-refractivity contribution >= 4 is 34.4 Å². The van der Waals surface area contributed by atoms with Crippen LogP contribution in [0.4, 0.5) is 10.2 Å². The van der Waals surface area contributed by atoms with E-state index in [9.17, 15) is 9.18 Å². The first-order valence-electron chi connectivity index (χ1n) is 12.9. The molecular formula is C28H28ClFN6O. The lowest BCUT2D eigenvalue weighted by atomic mass is 9.88. The monoisotopic (exact) mass is 518 g/mol. The fourth-order valence-corrected chi connectivity index (χ4v) is 5.64. The molecule has 4 aromatic rings. The van der Waals surface area contributed by atoms with Crippen LogP contribution < -0.4 is 4.90 Å². The summed E-state index contributed by atoms with van der Waals surface area (Å²) in [6, 6.07) is 13.8. The van der Waals surface area contributed by atoms with Crippen LogP contribution in [0.2, 0.25) is 5.02 Å². The van der Waals surface area contributed by atoms with Crippen molar-refractivity contribution in [3.8, 4) is 5.69 Å². The number of benzene rings is 2. The summed E-state index contributed by atoms with van der Waals surface area (Å²) in [5.74, 6) is 1.23. The van der Waals surface area contributed by atoms with Crippen molar-refractivity contribution in [1.29, 1.82) is 0 Å². The van der Waals surface area contributed by atoms with E-state index in [1.165, 1.54) is 31.4 Å². The maximum Gasteiger partial charge on any atom is 0.256 e. The number of fused-ring (bicyclic) bond motifs is 1. The molecule has 1 saturated carbocycles. The lowest BCUT2D eigenvalue weighted by Gasteiger charge is -2.36. The molecule has 2 aliphatic rings. The van der Waals surface area contributed by atoms with Gasteiger partial charge in [0.2, 0.25) is 0 Å². The van der Waals surface area contributed by atoms with Gasteiger partial charge >= 0.3 is 0 Å². The molecule has 0 bridgehead atoms. The van der Waals surface area contributed by atoms with Gasteiger partial charge in [-0.25, -0.2) is 19.0 Å². The molecule has 1 aliphatic heterocycles. The number of carbonyl (C=O) groups is 1. The normalized spacial score (nSPS) is 16.9. The molecule has 2 aromatic heterocycles. The van der Waals surface area contributed by atoms with Crippen molar-refractivity contribution in [1.82, 2.24) is 24.6 Å². The Balaban J connectivity index is 1.34. The summed E-state index contributed by atoms with van der Waals surface area (Å²) < 4.78 is 16.0. The molecule has 3 heterocycles. The van der Waals surface area contributed by atoms with Crippen LogP contribution in [0.5, 0.6) is 0 Å². The van der Waals surface area contributed by atoms with E-state index >= 15 is 0 Å². The van der Waals surface area contributed by atoms with Gasteiger partial charge in [-0.1, -0.05) is 55.1 Å². The second kappa shape index (κ2) is 10.1. The number of carbonyl (C=O) groups excluding carboxylic acids is 1. The highest BCUT2D eigenvalue weighted by atomic mass is 35.5. The van der Waals surface area contributed by atoms with Crippen LogP contribution in [0.3, 0.4) is 0 Å². The zero-order valence-corrected chi connectivity index (χ0v) is 21.2. The van der Waals surface area contributed by atoms with E-state index in [1.807, 2.05) is 24.3 Å². The molecule has 0 radical (unpaired) electrons. The van der Waals surface area contributed by atoms with Crippen LogP contribution in [0.1, 0.15) is 54.2 Å². The lowest BCUT2D eigenvalue weighted by Crippen LogP contribution is -2.49. The lowest BCUT2D eigenvalue weighted by molar-refractivity contribution is 0.0742. The number of anilines is 1. The number of amides is 1. The van der Waals surface area contributed by atoms with Crippen molar-refractivity contribution in [3.63, 3.8) is 0 Å². The van der Waals surface area contributed by atoms with Crippen LogP contribution in [0, 0.1) is 5.82 Å². The van der Waals surface area contributed by atoms with Crippen LogP contribution in [0.15, 0.2) is 54.7 Å². The van der Waals surface area contributed by atoms with Crippen molar-refractivity contribution < 1.29 is 9.18 Å². The van der Waals surface area contributed by atoms with Crippen LogP contribution in [-0.4, -0.2) is 56.7 Å². The van der Waals surface area contributed by atoms with Crippen molar-refractivity contribution in [2.75, 3.05) is 31.1 Å². The highest BCUT2D eigenvalue weighted by Gasteiger charge is 2.28. The number of halogens is 2. The van der Waals surface area contributed by atoms with Gasteiger partial charge in [0, 0.05) is 32.1 Å². The summed E-state index contributed by atoms with van der Waals surface area (Å²) in [6.45, 7) is 2.15. The fraction of sp³-hybridized carbons (Fsp3) is 0.357. The van der Waals surface area contributed by atoms with Gasteiger partial charge in [-0.15, -0.1) is 0 Å². The summed E-state index contributed by atoms with van der Waals surface area (Å²) in [4.78, 5) is 27.0. The molecular weight excluding hydrogens is 491 g/mol. The molecule has 6 rings (SSSR count). The summed E-state index contributed by atoms with van der Waals surface area (Å²) in [7, 11) is 0. The average Bonchev–Trinajstić information content (AvgIpc) is 3.37. The Morgan fingerprint density at radius 3 is 2.41 bits per heavy atom. The van der Waals surface area contributed by atoms with Crippen molar-refractivity contribution in [3.05, 3.63) is 77.0 Å². The Labute approximate surface area is 219 Å². The minimum Gasteiger partial charge on any atom is -0.352 e. The first kappa shape index (κ1) is 23.9. The minimum absolute atomic E-state index is 0.112. The zero-order chi connectivity index (χ0) is 25.4. The van der Waals surface area contributed by atoms with E-state index in [4.69, 9.17) is 21.6 Å². The first-order valence-corrected chi connectivity index (χ1v) is 13.3. The second-order valence-corrected chi connectivity index (χ2v) is 10.2. The SMILES string of the molecule is O=C(c1ccccc1F)N1CCN(c2nc(C3CCCCC3)nc3c2cnn3-c2ccccc2Cl)CC1. The molecule has 2 fully saturated rings. The number of aromatic nitrogens is 4. The number of piperazine rings is 1. The number of para-hydroxylation sites is 1. The molecule has 9 heteroatoms. The van der Waals surface area contributed by atoms with E-state index in [2.05, 4.69) is 10.00 Å². The van der Waals surface area contributed by atoms with Gasteiger partial charge in [-0.3, -0.25) is 4.79 Å². The summed E-state index contributed by atoms with van der Waals surface area (Å²) in [5.41, 5.74) is 1.63. The molecule has 190 valence electrons. The second-order valence-electron chi connectivity index (χ2n) is 9.74. The summed E-state index contributed by atoms with van der Waals surface area (Å²) in [5, 5.41) is 6.12. The van der Waals surface area contributed by atoms with E-state index in [0.29, 0.717) is 37.1 Å². The third-order valence-electron chi connectivity index (χ3n) is 7.45. The van der Waals surface area contributed by atoms with Gasteiger partial charge in [0.15, 0.2) is 5.65 Å². The molecule has 7 nitrogen and oxygen atoms in total. The Kier molecular flexibility index (Phi) is 6.50. The van der Waals surface area contributed by atoms with Gasteiger partial charge < -0.3 is 9.80 Å². The van der Waals surface area contributed by atoms with E-state index in [0.717, 1.165) is 41.2 Å². The largest absolute Gasteiger partial charge is 0.352 e. The predicted octanol–water partition coefficient (Wildman–Crippen LogP) is 5.62. The number of hydrogen-bond acceptors (Lipinski definition) is 5. The number of rotatable bonds is 4. The Morgan fingerprint density at radius 2 is 1.65 bits per heavy atom. The molecule has 0 spiro atoms. The van der Waals surface area contributed by atoms with Crippen LogP contribution >= 0.6 is 11.6 Å². The van der Waals surface area contributed by atoms with Crippen molar-refractivity contribution in [2.24, 2.45) is 0 Å². The third kappa shape index (κ3) is 4.55. The van der Waals surface area contributed by atoms with Crippen LogP contribution in [0.25, 0.3) is 16.7 Å². The number of hydrogen-bond donors (Lipinski definition) is 0. The van der Waals surface area contributed by atoms with Gasteiger partial charge in [0.25, 0.3) is 5.91 Å². The Bertz CT molecular complexity index is 1440. The molecule has 1 saturated heterocycles. The first-order chi connectivity index (χ1) is 18.1. The minimum atomic E-state index is -0.489. The standard InChI is InChI=1S/C28H28ClFN6O/c29-22-11-5-7-13-24(22)36-27-21(18-31-36)26(32-25(33-27)19-8-2-1-3-9-19)34-14-16-35(17-15-34)28(37)20-10-4-6-12-23(20)30/h4-7,10-13,18-19H,1-3,8-9,14-17H2. The molecule has 37 heavy (non-hydrogen) atoms. The smallest absolute Gasteiger partial charge is 0.256 e. The highest BCUT2D eigenvalue weighted by molar-refractivity contribution is 6.32. The fourth-order valence-electron chi connectivity index (χ4n) is 5.42. The molecule has 1 aliphatic carbocycles. The van der Waals surface area contributed by atoms with Gasteiger partial charge in [-0.05, 0) is 37.1 Å². The third-order valence-corrected chi connectivity index (χ3v) is 7.77. The molecule has 0 N–H and O–H groups in total. The maximum absolute atomic E-state index is 14.2. The molecule has 1 amide bonds. The quantitative estimate of drug-likeness (QED) is 0.351. The van der Waals surface area contributed by atoms with Crippen LogP contribution in [-0.2, 0) is 0 Å². The molecule has 0 unspecified atom stereocenters. The highest BCUT2D eigenvalue weighted by Crippen LogP contribution is 2.35. The van der Waals surface area contributed by atoms with E-state index < -0.39 is 5.82 Å². The number of nitrogens with zero attached hydrogens (tertiary/aromatic N) is 6. The van der Waals surface area contributed by atoms with E-state index in [1.54, 1.807) is 27.9 Å². The van der Waals surface area contributed by atoms with Gasteiger partial charge in [0.05, 0.1) is 27.9 Å². The van der Waals surface area contributed by atoms with Gasteiger partial charge in [0.1, 0.15) is 17.5 Å². The summed E-state index contributed by atoms with van der Waals surface area (Å²) >= 11 is 6.52. The predicted molar refractivity (Wildman–Crippen MR) is 142 cm³/mol. The van der Waals surface area contributed by atoms with Crippen molar-refractivity contribution in [2.45, 2.75) is 38.0 Å². The Hall–Kier alpha value is -3.52. The molecule has 2 aromatic carbocycles. The molecule has 0 atom stereocenters.